The Morgan fingerprint density at radius 2 is 1.76 bits per heavy atom. The first-order valence-corrected chi connectivity index (χ1v) is 9.62. The van der Waals surface area contributed by atoms with Crippen LogP contribution >= 0.6 is 0 Å². The molecule has 1 aliphatic rings. The van der Waals surface area contributed by atoms with Crippen molar-refractivity contribution in [3.8, 4) is 17.4 Å². The molecule has 1 N–H and O–H groups in total. The average molecular weight is 387 g/mol. The molecule has 1 aromatic heterocycles. The third kappa shape index (κ3) is 3.90. The molecule has 0 radical (unpaired) electrons. The Morgan fingerprint density at radius 1 is 0.966 bits per heavy atom. The van der Waals surface area contributed by atoms with E-state index in [2.05, 4.69) is 67.4 Å². The number of anilines is 1. The van der Waals surface area contributed by atoms with Gasteiger partial charge in [0.1, 0.15) is 0 Å². The van der Waals surface area contributed by atoms with Gasteiger partial charge in [-0.2, -0.15) is 0 Å². The summed E-state index contributed by atoms with van der Waals surface area (Å²) < 4.78 is 5.81. The summed E-state index contributed by atoms with van der Waals surface area (Å²) in [6.45, 7) is 5.15. The Morgan fingerprint density at radius 3 is 2.52 bits per heavy atom. The topological polar surface area (TPSA) is 48.8 Å². The molecule has 0 aliphatic carbocycles. The van der Waals surface area contributed by atoms with E-state index in [1.807, 2.05) is 18.2 Å². The lowest BCUT2D eigenvalue weighted by Gasteiger charge is -2.27. The summed E-state index contributed by atoms with van der Waals surface area (Å²) in [6.07, 6.45) is 4.16. The lowest BCUT2D eigenvalue weighted by Crippen LogP contribution is -2.24. The van der Waals surface area contributed by atoms with Crippen molar-refractivity contribution in [1.29, 1.82) is 0 Å². The van der Waals surface area contributed by atoms with Crippen LogP contribution in [0.1, 0.15) is 25.1 Å². The van der Waals surface area contributed by atoms with E-state index in [4.69, 9.17) is 9.72 Å². The smallest absolute Gasteiger partial charge is 0.219 e. The van der Waals surface area contributed by atoms with E-state index in [0.717, 1.165) is 18.1 Å². The monoisotopic (exact) mass is 387 g/mol. The van der Waals surface area contributed by atoms with Gasteiger partial charge in [0.05, 0.1) is 12.4 Å². The van der Waals surface area contributed by atoms with Crippen LogP contribution in [0.3, 0.4) is 0 Å². The minimum Gasteiger partial charge on any atom is -0.504 e. The molecule has 0 atom stereocenters. The van der Waals surface area contributed by atoms with Crippen molar-refractivity contribution in [2.75, 3.05) is 18.6 Å². The molecule has 0 saturated carbocycles. The standard InChI is InChI=1S/C24H25N3O2/c1-24(2,18-8-6-9-19(16-18)27-15-14-26(3)17-27)22-12-7-13-23(25-22)29-21-11-5-4-10-20(21)28/h4-16,28H,17H2,1-3H3. The Bertz CT molecular complexity index is 1050. The zero-order valence-electron chi connectivity index (χ0n) is 16.9. The van der Waals surface area contributed by atoms with E-state index < -0.39 is 0 Å². The molecule has 1 aliphatic heterocycles. The first-order valence-electron chi connectivity index (χ1n) is 9.62. The van der Waals surface area contributed by atoms with Crippen molar-refractivity contribution in [2.45, 2.75) is 19.3 Å². The Labute approximate surface area is 171 Å². The third-order valence-corrected chi connectivity index (χ3v) is 5.22. The molecule has 2 heterocycles. The lowest BCUT2D eigenvalue weighted by atomic mass is 9.81. The Balaban J connectivity index is 1.62. The number of aromatic nitrogens is 1. The molecule has 3 aromatic rings. The van der Waals surface area contributed by atoms with Crippen LogP contribution in [0.15, 0.2) is 79.1 Å². The third-order valence-electron chi connectivity index (χ3n) is 5.22. The van der Waals surface area contributed by atoms with E-state index in [0.29, 0.717) is 11.6 Å². The number of benzene rings is 2. The van der Waals surface area contributed by atoms with Crippen LogP contribution in [0.5, 0.6) is 17.4 Å². The van der Waals surface area contributed by atoms with Crippen LogP contribution in [-0.4, -0.2) is 28.7 Å². The second-order valence-electron chi connectivity index (χ2n) is 7.77. The molecular weight excluding hydrogens is 362 g/mol. The maximum Gasteiger partial charge on any atom is 0.219 e. The van der Waals surface area contributed by atoms with Gasteiger partial charge < -0.3 is 19.6 Å². The van der Waals surface area contributed by atoms with Crippen molar-refractivity contribution in [1.82, 2.24) is 9.88 Å². The van der Waals surface area contributed by atoms with Crippen molar-refractivity contribution >= 4 is 5.69 Å². The van der Waals surface area contributed by atoms with E-state index >= 15 is 0 Å². The van der Waals surface area contributed by atoms with Crippen molar-refractivity contribution in [2.24, 2.45) is 0 Å². The van der Waals surface area contributed by atoms with Gasteiger partial charge in [-0.15, -0.1) is 0 Å². The molecule has 29 heavy (non-hydrogen) atoms. The Kier molecular flexibility index (Phi) is 4.89. The fourth-order valence-electron chi connectivity index (χ4n) is 3.39. The quantitative estimate of drug-likeness (QED) is 0.661. The summed E-state index contributed by atoms with van der Waals surface area (Å²) >= 11 is 0. The van der Waals surface area contributed by atoms with Gasteiger partial charge in [-0.1, -0.05) is 44.2 Å². The summed E-state index contributed by atoms with van der Waals surface area (Å²) in [5.41, 5.74) is 2.91. The zero-order chi connectivity index (χ0) is 20.4. The van der Waals surface area contributed by atoms with Gasteiger partial charge >= 0.3 is 0 Å². The molecular formula is C24H25N3O2. The summed E-state index contributed by atoms with van der Waals surface area (Å²) in [5.74, 6) is 0.939. The number of ether oxygens (including phenoxy) is 1. The van der Waals surface area contributed by atoms with Gasteiger partial charge in [-0.05, 0) is 35.9 Å². The fraction of sp³-hybridized carbons (Fsp3) is 0.208. The molecule has 4 rings (SSSR count). The number of phenolic OH excluding ortho intramolecular Hbond substituents is 1. The van der Waals surface area contributed by atoms with Crippen LogP contribution < -0.4 is 9.64 Å². The SMILES string of the molecule is CN1C=CN(c2cccc(C(C)(C)c3cccc(Oc4ccccc4O)n3)c2)C1. The van der Waals surface area contributed by atoms with Crippen LogP contribution in [0.25, 0.3) is 0 Å². The summed E-state index contributed by atoms with van der Waals surface area (Å²) in [5, 5.41) is 9.97. The van der Waals surface area contributed by atoms with Crippen LogP contribution in [0.2, 0.25) is 0 Å². The number of hydrogen-bond donors (Lipinski definition) is 1. The number of pyridine rings is 1. The normalized spacial score (nSPS) is 13.8. The molecule has 0 saturated heterocycles. The van der Waals surface area contributed by atoms with Crippen molar-refractivity contribution in [3.05, 3.63) is 90.4 Å². The van der Waals surface area contributed by atoms with E-state index in [-0.39, 0.29) is 11.2 Å². The first-order chi connectivity index (χ1) is 13.9. The van der Waals surface area contributed by atoms with E-state index in [1.54, 1.807) is 24.3 Å². The summed E-state index contributed by atoms with van der Waals surface area (Å²) in [7, 11) is 2.06. The lowest BCUT2D eigenvalue weighted by molar-refractivity contribution is 0.400. The molecule has 0 amide bonds. The average Bonchev–Trinajstić information content (AvgIpc) is 3.16. The molecule has 0 fully saturated rings. The maximum atomic E-state index is 9.97. The first kappa shape index (κ1) is 18.9. The van der Waals surface area contributed by atoms with Gasteiger partial charge in [0, 0.05) is 36.6 Å². The number of aromatic hydroxyl groups is 1. The van der Waals surface area contributed by atoms with E-state index in [1.165, 1.54) is 5.56 Å². The highest BCUT2D eigenvalue weighted by atomic mass is 16.5. The van der Waals surface area contributed by atoms with Gasteiger partial charge in [-0.25, -0.2) is 4.98 Å². The second-order valence-corrected chi connectivity index (χ2v) is 7.77. The van der Waals surface area contributed by atoms with Crippen LogP contribution in [-0.2, 0) is 5.41 Å². The maximum absolute atomic E-state index is 9.97. The highest BCUT2D eigenvalue weighted by Gasteiger charge is 2.26. The number of para-hydroxylation sites is 2. The van der Waals surface area contributed by atoms with Crippen LogP contribution in [0.4, 0.5) is 5.69 Å². The second kappa shape index (κ2) is 7.51. The number of phenols is 1. The molecule has 0 bridgehead atoms. The summed E-state index contributed by atoms with van der Waals surface area (Å²) in [4.78, 5) is 9.08. The van der Waals surface area contributed by atoms with Crippen molar-refractivity contribution in [3.63, 3.8) is 0 Å². The number of rotatable bonds is 5. The molecule has 0 spiro atoms. The number of nitrogens with zero attached hydrogens (tertiary/aromatic N) is 3. The molecule has 148 valence electrons. The van der Waals surface area contributed by atoms with Gasteiger partial charge in [0.2, 0.25) is 5.88 Å². The molecule has 5 nitrogen and oxygen atoms in total. The number of hydrogen-bond acceptors (Lipinski definition) is 5. The van der Waals surface area contributed by atoms with Gasteiger partial charge in [0.15, 0.2) is 11.5 Å². The molecule has 2 aromatic carbocycles. The predicted octanol–water partition coefficient (Wildman–Crippen LogP) is 5.09. The molecule has 0 unspecified atom stereocenters. The minimum absolute atomic E-state index is 0.0929. The van der Waals surface area contributed by atoms with Gasteiger partial charge in [-0.3, -0.25) is 0 Å². The summed E-state index contributed by atoms with van der Waals surface area (Å²) in [6, 6.07) is 21.2. The van der Waals surface area contributed by atoms with Crippen LogP contribution in [0, 0.1) is 0 Å². The van der Waals surface area contributed by atoms with E-state index in [9.17, 15) is 5.11 Å². The highest BCUT2D eigenvalue weighted by Crippen LogP contribution is 2.35. The zero-order valence-corrected chi connectivity index (χ0v) is 16.9. The van der Waals surface area contributed by atoms with Gasteiger partial charge in [0.25, 0.3) is 0 Å². The minimum atomic E-state index is -0.316. The van der Waals surface area contributed by atoms with Crippen molar-refractivity contribution < 1.29 is 9.84 Å². The Hall–Kier alpha value is -3.47. The largest absolute Gasteiger partial charge is 0.504 e. The molecule has 5 heteroatoms. The highest BCUT2D eigenvalue weighted by molar-refractivity contribution is 5.54. The fourth-order valence-corrected chi connectivity index (χ4v) is 3.39. The predicted molar refractivity (Wildman–Crippen MR) is 115 cm³/mol.